The molecule has 2 aliphatic carbocycles. The Kier molecular flexibility index (Phi) is 7.76. The summed E-state index contributed by atoms with van der Waals surface area (Å²) in [7, 11) is 3.76. The van der Waals surface area contributed by atoms with Gasteiger partial charge in [0.15, 0.2) is 0 Å². The van der Waals surface area contributed by atoms with Gasteiger partial charge in [0, 0.05) is 65.0 Å². The number of hydrogen-bond donors (Lipinski definition) is 2. The Labute approximate surface area is 298 Å². The molecule has 260 valence electrons. The minimum Gasteiger partial charge on any atom is -0.491 e. The van der Waals surface area contributed by atoms with Crippen LogP contribution in [0.1, 0.15) is 76.5 Å². The number of carboxylic acids is 1. The van der Waals surface area contributed by atoms with Crippen molar-refractivity contribution in [2.45, 2.75) is 79.6 Å². The first kappa shape index (κ1) is 32.0. The monoisotopic (exact) mass is 712 g/mol. The van der Waals surface area contributed by atoms with Crippen LogP contribution in [-0.2, 0) is 49.7 Å². The molecule has 2 unspecified atom stereocenters. The molecule has 0 spiro atoms. The number of thioether (sulfide) groups is 2. The molecule has 4 aliphatic rings. The quantitative estimate of drug-likeness (QED) is 0.191. The molecule has 0 radical (unpaired) electrons. The number of ether oxygens (including phenoxy) is 1. The van der Waals surface area contributed by atoms with E-state index in [-0.39, 0.29) is 17.1 Å². The Morgan fingerprint density at radius 2 is 1.98 bits per heavy atom. The zero-order chi connectivity index (χ0) is 34.3. The summed E-state index contributed by atoms with van der Waals surface area (Å²) in [5.74, 6) is 2.23. The fourth-order valence-electron chi connectivity index (χ4n) is 8.73. The molecule has 3 aromatic heterocycles. The van der Waals surface area contributed by atoms with Gasteiger partial charge in [-0.1, -0.05) is 0 Å². The second kappa shape index (κ2) is 12.1. The van der Waals surface area contributed by atoms with Crippen LogP contribution >= 0.6 is 23.5 Å². The third kappa shape index (κ3) is 5.07. The van der Waals surface area contributed by atoms with Gasteiger partial charge in [-0.2, -0.15) is 10.2 Å². The van der Waals surface area contributed by atoms with Crippen molar-refractivity contribution in [3.05, 3.63) is 75.7 Å². The van der Waals surface area contributed by atoms with Crippen LogP contribution in [0.3, 0.4) is 0 Å². The second-order valence-electron chi connectivity index (χ2n) is 14.3. The van der Waals surface area contributed by atoms with Gasteiger partial charge in [0.25, 0.3) is 0 Å². The summed E-state index contributed by atoms with van der Waals surface area (Å²) in [4.78, 5) is 14.0. The summed E-state index contributed by atoms with van der Waals surface area (Å²) in [5.41, 5.74) is 9.07. The summed E-state index contributed by atoms with van der Waals surface area (Å²) >= 11 is 3.57. The summed E-state index contributed by atoms with van der Waals surface area (Å²) in [6.07, 6.45) is 6.58. The highest BCUT2D eigenvalue weighted by Gasteiger charge is 2.64. The van der Waals surface area contributed by atoms with Crippen molar-refractivity contribution in [1.82, 2.24) is 24.1 Å². The van der Waals surface area contributed by atoms with Crippen LogP contribution in [-0.4, -0.2) is 48.4 Å². The molecule has 2 saturated carbocycles. The summed E-state index contributed by atoms with van der Waals surface area (Å²) in [5, 5.41) is 24.8. The van der Waals surface area contributed by atoms with Crippen molar-refractivity contribution in [3.8, 4) is 16.9 Å². The predicted molar refractivity (Wildman–Crippen MR) is 196 cm³/mol. The van der Waals surface area contributed by atoms with Gasteiger partial charge in [-0.05, 0) is 99.2 Å². The summed E-state index contributed by atoms with van der Waals surface area (Å²) in [6, 6.07) is 9.86. The molecule has 2 fully saturated rings. The Hall–Kier alpha value is -3.90. The topological polar surface area (TPSA) is 99.1 Å². The number of nitrogens with one attached hydrogen (secondary N) is 1. The number of fused-ring (bicyclic) bond motifs is 9. The smallest absolute Gasteiger partial charge is 0.352 e. The van der Waals surface area contributed by atoms with Crippen LogP contribution in [0.5, 0.6) is 5.75 Å². The van der Waals surface area contributed by atoms with E-state index in [0.717, 1.165) is 88.0 Å². The normalized spacial score (nSPS) is 21.6. The maximum absolute atomic E-state index is 16.4. The third-order valence-corrected chi connectivity index (χ3v) is 13.4. The van der Waals surface area contributed by atoms with E-state index in [1.165, 1.54) is 18.1 Å². The number of anilines is 1. The SMILES string of the molecule is Cc1nn(C23CCC2C3)c2c1-c1c(F)ccc3c(c(C(=O)O)n(C)c13)CCCOc1cc(cc3c1NCCC3)SCc1cc(nn1C)CSC2. The Morgan fingerprint density at radius 3 is 2.76 bits per heavy atom. The number of halogens is 1. The van der Waals surface area contributed by atoms with E-state index in [4.69, 9.17) is 14.9 Å². The lowest BCUT2D eigenvalue weighted by molar-refractivity contribution is 0.0685. The van der Waals surface area contributed by atoms with E-state index >= 15 is 4.39 Å². The van der Waals surface area contributed by atoms with Crippen LogP contribution in [0, 0.1) is 18.7 Å². The molecule has 2 aliphatic heterocycles. The van der Waals surface area contributed by atoms with Crippen molar-refractivity contribution < 1.29 is 19.0 Å². The van der Waals surface area contributed by atoms with Gasteiger partial charge >= 0.3 is 5.97 Å². The lowest BCUT2D eigenvalue weighted by Gasteiger charge is -2.28. The van der Waals surface area contributed by atoms with Crippen molar-refractivity contribution in [1.29, 1.82) is 0 Å². The predicted octanol–water partition coefficient (Wildman–Crippen LogP) is 7.84. The summed E-state index contributed by atoms with van der Waals surface area (Å²) < 4.78 is 28.7. The van der Waals surface area contributed by atoms with E-state index in [1.807, 2.05) is 18.7 Å². The van der Waals surface area contributed by atoms with Crippen molar-refractivity contribution in [3.63, 3.8) is 0 Å². The van der Waals surface area contributed by atoms with E-state index in [0.29, 0.717) is 53.5 Å². The number of nitrogens with zero attached hydrogens (tertiary/aromatic N) is 5. The number of carbonyl (C=O) groups is 1. The van der Waals surface area contributed by atoms with Crippen LogP contribution in [0.15, 0.2) is 35.2 Å². The fourth-order valence-corrected chi connectivity index (χ4v) is 10.6. The number of rotatable bonds is 2. The van der Waals surface area contributed by atoms with Gasteiger partial charge in [0.05, 0.1) is 40.4 Å². The molecule has 12 heteroatoms. The van der Waals surface area contributed by atoms with Crippen LogP contribution in [0.25, 0.3) is 22.0 Å². The van der Waals surface area contributed by atoms with Crippen molar-refractivity contribution in [2.24, 2.45) is 20.0 Å². The van der Waals surface area contributed by atoms with E-state index in [1.54, 1.807) is 41.2 Å². The third-order valence-electron chi connectivity index (χ3n) is 11.4. The first-order valence-electron chi connectivity index (χ1n) is 17.6. The summed E-state index contributed by atoms with van der Waals surface area (Å²) in [6.45, 7) is 3.30. The standard InChI is InChI=1S/C38H41FN6O3S2/c1-21-32-30(45(41-21)38-11-10-23(38)17-38)20-49-18-24-15-25(44(3)42-24)19-50-26-14-22-6-4-12-40-34(22)31(16-26)48-13-5-7-27-28-8-9-29(39)33(32)35(28)43(2)36(27)37(46)47/h8-9,14-16,23,40H,4-7,10-13,17-20H2,1-3H3,(H,46,47). The maximum atomic E-state index is 16.4. The van der Waals surface area contributed by atoms with Gasteiger partial charge in [-0.3, -0.25) is 9.36 Å². The first-order valence-corrected chi connectivity index (χ1v) is 19.8. The van der Waals surface area contributed by atoms with Gasteiger partial charge < -0.3 is 19.7 Å². The molecule has 50 heavy (non-hydrogen) atoms. The number of aryl methyl sites for hydroxylation is 5. The Balaban J connectivity index is 1.18. The highest BCUT2D eigenvalue weighted by molar-refractivity contribution is 7.98. The average Bonchev–Trinajstić information content (AvgIpc) is 3.37. The van der Waals surface area contributed by atoms with Gasteiger partial charge in [-0.15, -0.1) is 23.5 Å². The maximum Gasteiger partial charge on any atom is 0.352 e. The minimum atomic E-state index is -1.02. The van der Waals surface area contributed by atoms with Gasteiger partial charge in [-0.25, -0.2) is 9.18 Å². The molecule has 2 aromatic carbocycles. The van der Waals surface area contributed by atoms with Crippen molar-refractivity contribution >= 4 is 46.1 Å². The van der Waals surface area contributed by atoms with Crippen LogP contribution in [0.4, 0.5) is 10.1 Å². The zero-order valence-electron chi connectivity index (χ0n) is 28.6. The molecule has 0 amide bonds. The highest BCUT2D eigenvalue weighted by Crippen LogP contribution is 2.66. The highest BCUT2D eigenvalue weighted by atomic mass is 32.2. The van der Waals surface area contributed by atoms with Crippen LogP contribution < -0.4 is 10.1 Å². The molecular formula is C38H41FN6O3S2. The molecule has 2 N–H and O–H groups in total. The number of benzene rings is 2. The first-order chi connectivity index (χ1) is 24.2. The molecule has 9 rings (SSSR count). The number of carboxylic acid groups (broad SMARTS) is 1. The minimum absolute atomic E-state index is 0.0297. The van der Waals surface area contributed by atoms with Crippen molar-refractivity contribution in [2.75, 3.05) is 18.5 Å². The van der Waals surface area contributed by atoms with Gasteiger partial charge in [0.2, 0.25) is 0 Å². The average molecular weight is 713 g/mol. The number of aromatic nitrogens is 5. The molecule has 2 atom stereocenters. The Bertz CT molecular complexity index is 2200. The van der Waals surface area contributed by atoms with Crippen LogP contribution in [0.2, 0.25) is 0 Å². The van der Waals surface area contributed by atoms with E-state index < -0.39 is 5.97 Å². The molecular weight excluding hydrogens is 672 g/mol. The number of aromatic carboxylic acids is 1. The lowest BCUT2D eigenvalue weighted by atomic mass is 9.92. The molecule has 0 saturated heterocycles. The second-order valence-corrected chi connectivity index (χ2v) is 16.4. The largest absolute Gasteiger partial charge is 0.491 e. The number of hydrogen-bond acceptors (Lipinski definition) is 7. The van der Waals surface area contributed by atoms with E-state index in [9.17, 15) is 9.90 Å². The fraction of sp³-hybridized carbons (Fsp3) is 0.447. The lowest BCUT2D eigenvalue weighted by Crippen LogP contribution is -2.29. The zero-order valence-corrected chi connectivity index (χ0v) is 30.3. The molecule has 5 heterocycles. The molecule has 5 aromatic rings. The molecule has 9 nitrogen and oxygen atoms in total. The van der Waals surface area contributed by atoms with E-state index in [2.05, 4.69) is 28.2 Å². The molecule has 8 bridgehead atoms. The Morgan fingerprint density at radius 1 is 1.10 bits per heavy atom. The van der Waals surface area contributed by atoms with Gasteiger partial charge in [0.1, 0.15) is 17.3 Å².